The van der Waals surface area contributed by atoms with Crippen LogP contribution in [0.15, 0.2) is 0 Å². The van der Waals surface area contributed by atoms with Gasteiger partial charge in [0.2, 0.25) is 0 Å². The quantitative estimate of drug-likeness (QED) is 0.610. The molecule has 0 aliphatic carbocycles. The smallest absolute Gasteiger partial charge is 0.0672 e. The highest BCUT2D eigenvalue weighted by atomic mass is 32.2. The molecule has 0 aromatic heterocycles. The summed E-state index contributed by atoms with van der Waals surface area (Å²) in [7, 11) is 2.22. The van der Waals surface area contributed by atoms with E-state index in [4.69, 9.17) is 0 Å². The molecule has 3 heteroatoms. The summed E-state index contributed by atoms with van der Waals surface area (Å²) in [6.45, 7) is 4.81. The molecule has 1 spiro atoms. The number of nitrogens with zero attached hydrogens (tertiary/aromatic N) is 1. The summed E-state index contributed by atoms with van der Waals surface area (Å²) < 4.78 is 0. The first-order chi connectivity index (χ1) is 5.70. The van der Waals surface area contributed by atoms with Crippen molar-refractivity contribution in [2.45, 2.75) is 30.7 Å². The van der Waals surface area contributed by atoms with E-state index in [1.807, 2.05) is 0 Å². The molecule has 2 fully saturated rings. The first-order valence-electron chi connectivity index (χ1n) is 4.80. The molecule has 2 aliphatic heterocycles. The van der Waals surface area contributed by atoms with Gasteiger partial charge in [-0.05, 0) is 26.8 Å². The monoisotopic (exact) mass is 186 g/mol. The number of thioether (sulfide) groups is 1. The molecule has 1 atom stereocenters. The molecular formula is C9H18N2S. The Morgan fingerprint density at radius 2 is 2.08 bits per heavy atom. The van der Waals surface area contributed by atoms with Crippen molar-refractivity contribution in [3.63, 3.8) is 0 Å². The van der Waals surface area contributed by atoms with Gasteiger partial charge in [-0.1, -0.05) is 0 Å². The topological polar surface area (TPSA) is 15.3 Å². The van der Waals surface area contributed by atoms with Crippen LogP contribution in [0.1, 0.15) is 19.8 Å². The molecule has 0 aromatic carbocycles. The highest BCUT2D eigenvalue weighted by molar-refractivity contribution is 8.00. The fraction of sp³-hybridized carbons (Fsp3) is 1.00. The summed E-state index contributed by atoms with van der Waals surface area (Å²) in [6, 6.07) is 0.721. The molecule has 12 heavy (non-hydrogen) atoms. The van der Waals surface area contributed by atoms with E-state index in [0.29, 0.717) is 4.87 Å². The summed E-state index contributed by atoms with van der Waals surface area (Å²) in [5.41, 5.74) is 0. The van der Waals surface area contributed by atoms with Gasteiger partial charge in [-0.25, -0.2) is 0 Å². The molecule has 2 rings (SSSR count). The van der Waals surface area contributed by atoms with Crippen LogP contribution in [0, 0.1) is 0 Å². The predicted octanol–water partition coefficient (Wildman–Crippen LogP) is 1.13. The maximum atomic E-state index is 3.73. The van der Waals surface area contributed by atoms with Crippen LogP contribution in [0.5, 0.6) is 0 Å². The first kappa shape index (κ1) is 8.85. The Morgan fingerprint density at radius 1 is 1.42 bits per heavy atom. The molecule has 2 aliphatic rings. The number of nitrogens with one attached hydrogen (secondary N) is 1. The lowest BCUT2D eigenvalue weighted by Gasteiger charge is -2.37. The Balaban J connectivity index is 1.95. The molecule has 1 unspecified atom stereocenters. The highest BCUT2D eigenvalue weighted by Gasteiger charge is 2.39. The van der Waals surface area contributed by atoms with Gasteiger partial charge in [-0.15, -0.1) is 11.8 Å². The molecule has 0 amide bonds. The van der Waals surface area contributed by atoms with E-state index < -0.39 is 0 Å². The SMILES string of the molecule is CC1CSC2(CCN(C)CC2)N1. The fourth-order valence-corrected chi connectivity index (χ4v) is 3.49. The van der Waals surface area contributed by atoms with E-state index in [2.05, 4.69) is 35.9 Å². The minimum Gasteiger partial charge on any atom is -0.306 e. The Labute approximate surface area is 79.1 Å². The van der Waals surface area contributed by atoms with E-state index in [-0.39, 0.29) is 0 Å². The van der Waals surface area contributed by atoms with Crippen molar-refractivity contribution in [1.82, 2.24) is 10.2 Å². The summed E-state index contributed by atoms with van der Waals surface area (Å²) in [5.74, 6) is 1.30. The zero-order valence-corrected chi connectivity index (χ0v) is 8.78. The van der Waals surface area contributed by atoms with Gasteiger partial charge >= 0.3 is 0 Å². The van der Waals surface area contributed by atoms with Crippen LogP contribution in [0.4, 0.5) is 0 Å². The molecule has 2 saturated heterocycles. The molecule has 0 radical (unpaired) electrons. The van der Waals surface area contributed by atoms with Gasteiger partial charge < -0.3 is 4.90 Å². The van der Waals surface area contributed by atoms with Crippen molar-refractivity contribution in [1.29, 1.82) is 0 Å². The summed E-state index contributed by atoms with van der Waals surface area (Å²) in [5, 5.41) is 3.73. The Kier molecular flexibility index (Phi) is 2.36. The number of piperidine rings is 1. The lowest BCUT2D eigenvalue weighted by Crippen LogP contribution is -2.48. The maximum absolute atomic E-state index is 3.73. The summed E-state index contributed by atoms with van der Waals surface area (Å²) in [4.78, 5) is 2.88. The summed E-state index contributed by atoms with van der Waals surface area (Å²) >= 11 is 2.14. The third kappa shape index (κ3) is 1.63. The number of rotatable bonds is 0. The van der Waals surface area contributed by atoms with Crippen LogP contribution < -0.4 is 5.32 Å². The average Bonchev–Trinajstić information content (AvgIpc) is 2.40. The Bertz CT molecular complexity index is 164. The number of hydrogen-bond donors (Lipinski definition) is 1. The molecule has 0 aromatic rings. The largest absolute Gasteiger partial charge is 0.306 e. The predicted molar refractivity (Wildman–Crippen MR) is 54.5 cm³/mol. The van der Waals surface area contributed by atoms with E-state index in [1.54, 1.807) is 0 Å². The minimum absolute atomic E-state index is 0.450. The van der Waals surface area contributed by atoms with Crippen molar-refractivity contribution in [2.24, 2.45) is 0 Å². The van der Waals surface area contributed by atoms with E-state index in [1.165, 1.54) is 31.7 Å². The van der Waals surface area contributed by atoms with Crippen molar-refractivity contribution in [3.05, 3.63) is 0 Å². The van der Waals surface area contributed by atoms with Gasteiger partial charge in [-0.2, -0.15) is 0 Å². The molecule has 70 valence electrons. The van der Waals surface area contributed by atoms with Gasteiger partial charge in [0.1, 0.15) is 0 Å². The second-order valence-electron chi connectivity index (χ2n) is 4.15. The molecule has 0 saturated carbocycles. The highest BCUT2D eigenvalue weighted by Crippen LogP contribution is 2.38. The summed E-state index contributed by atoms with van der Waals surface area (Å²) in [6.07, 6.45) is 2.64. The Hall–Kier alpha value is 0.270. The zero-order valence-electron chi connectivity index (χ0n) is 7.97. The fourth-order valence-electron chi connectivity index (χ4n) is 2.09. The second kappa shape index (κ2) is 3.20. The lowest BCUT2D eigenvalue weighted by atomic mass is 10.0. The van der Waals surface area contributed by atoms with Crippen LogP contribution in [0.25, 0.3) is 0 Å². The van der Waals surface area contributed by atoms with Gasteiger partial charge in [0.05, 0.1) is 4.87 Å². The van der Waals surface area contributed by atoms with Crippen molar-refractivity contribution >= 4 is 11.8 Å². The van der Waals surface area contributed by atoms with Gasteiger partial charge in [0.25, 0.3) is 0 Å². The van der Waals surface area contributed by atoms with Gasteiger partial charge in [0, 0.05) is 24.9 Å². The van der Waals surface area contributed by atoms with Crippen molar-refractivity contribution in [3.8, 4) is 0 Å². The van der Waals surface area contributed by atoms with Crippen LogP contribution in [0.3, 0.4) is 0 Å². The lowest BCUT2D eigenvalue weighted by molar-refractivity contribution is 0.217. The third-order valence-electron chi connectivity index (χ3n) is 2.91. The Morgan fingerprint density at radius 3 is 2.58 bits per heavy atom. The molecule has 2 nitrogen and oxygen atoms in total. The third-order valence-corrected chi connectivity index (χ3v) is 4.66. The van der Waals surface area contributed by atoms with Crippen LogP contribution in [-0.2, 0) is 0 Å². The minimum atomic E-state index is 0.450. The number of hydrogen-bond acceptors (Lipinski definition) is 3. The van der Waals surface area contributed by atoms with Crippen LogP contribution >= 0.6 is 11.8 Å². The number of likely N-dealkylation sites (tertiary alicyclic amines) is 1. The molecule has 2 heterocycles. The van der Waals surface area contributed by atoms with Crippen molar-refractivity contribution in [2.75, 3.05) is 25.9 Å². The van der Waals surface area contributed by atoms with E-state index in [9.17, 15) is 0 Å². The second-order valence-corrected chi connectivity index (χ2v) is 5.56. The standard InChI is InChI=1S/C9H18N2S/c1-8-7-12-9(10-8)3-5-11(2)6-4-9/h8,10H,3-7H2,1-2H3. The normalized spacial score (nSPS) is 36.0. The van der Waals surface area contributed by atoms with Gasteiger partial charge in [0.15, 0.2) is 0 Å². The molecule has 0 bridgehead atoms. The molecule has 1 N–H and O–H groups in total. The van der Waals surface area contributed by atoms with E-state index in [0.717, 1.165) is 6.04 Å². The maximum Gasteiger partial charge on any atom is 0.0672 e. The van der Waals surface area contributed by atoms with Crippen LogP contribution in [0.2, 0.25) is 0 Å². The van der Waals surface area contributed by atoms with Gasteiger partial charge in [-0.3, -0.25) is 5.32 Å². The molecular weight excluding hydrogens is 168 g/mol. The zero-order chi connectivity index (χ0) is 8.60. The first-order valence-corrected chi connectivity index (χ1v) is 5.79. The average molecular weight is 186 g/mol. The van der Waals surface area contributed by atoms with Crippen LogP contribution in [-0.4, -0.2) is 41.7 Å². The van der Waals surface area contributed by atoms with E-state index >= 15 is 0 Å². The van der Waals surface area contributed by atoms with Crippen molar-refractivity contribution < 1.29 is 0 Å².